The zero-order valence-corrected chi connectivity index (χ0v) is 11.1. The van der Waals surface area contributed by atoms with Crippen LogP contribution in [0.4, 0.5) is 5.69 Å². The standard InChI is InChI=1S/C14H19NO4/c1-8-5-11(6-9(2)18-8)19-14(17)10-3-4-13(16)12(15)7-10/h3-4,7-9,11,16H,5-6,15H2,1-2H3. The molecular weight excluding hydrogens is 246 g/mol. The Hall–Kier alpha value is -1.75. The Bertz CT molecular complexity index is 465. The average Bonchev–Trinajstić information content (AvgIpc) is 2.31. The minimum Gasteiger partial charge on any atom is -0.506 e. The molecule has 1 aliphatic rings. The maximum absolute atomic E-state index is 12.0. The van der Waals surface area contributed by atoms with Crippen LogP contribution in [0.15, 0.2) is 18.2 Å². The van der Waals surface area contributed by atoms with Gasteiger partial charge in [0.05, 0.1) is 23.5 Å². The largest absolute Gasteiger partial charge is 0.506 e. The van der Waals surface area contributed by atoms with Crippen LogP contribution in [0.2, 0.25) is 0 Å². The molecule has 1 fully saturated rings. The monoisotopic (exact) mass is 265 g/mol. The Morgan fingerprint density at radius 3 is 2.58 bits per heavy atom. The fourth-order valence-electron chi connectivity index (χ4n) is 2.34. The normalized spacial score (nSPS) is 26.9. The summed E-state index contributed by atoms with van der Waals surface area (Å²) in [7, 11) is 0. The number of phenols is 1. The molecule has 2 rings (SSSR count). The van der Waals surface area contributed by atoms with E-state index < -0.39 is 5.97 Å². The van der Waals surface area contributed by atoms with E-state index >= 15 is 0 Å². The van der Waals surface area contributed by atoms with E-state index in [1.807, 2.05) is 13.8 Å². The first kappa shape index (κ1) is 13.7. The predicted molar refractivity (Wildman–Crippen MR) is 71.0 cm³/mol. The predicted octanol–water partition coefficient (Wildman–Crippen LogP) is 2.09. The first-order chi connectivity index (χ1) is 8.95. The Morgan fingerprint density at radius 1 is 1.37 bits per heavy atom. The number of rotatable bonds is 2. The van der Waals surface area contributed by atoms with Crippen molar-refractivity contribution >= 4 is 11.7 Å². The molecule has 1 heterocycles. The van der Waals surface area contributed by atoms with Gasteiger partial charge in [-0.15, -0.1) is 0 Å². The van der Waals surface area contributed by atoms with Crippen molar-refractivity contribution < 1.29 is 19.4 Å². The molecule has 0 amide bonds. The van der Waals surface area contributed by atoms with Crippen LogP contribution in [0.3, 0.4) is 0 Å². The Balaban J connectivity index is 2.02. The number of hydrogen-bond donors (Lipinski definition) is 2. The molecule has 1 aliphatic heterocycles. The highest BCUT2D eigenvalue weighted by atomic mass is 16.6. The molecule has 0 saturated carbocycles. The molecule has 1 saturated heterocycles. The van der Waals surface area contributed by atoms with Crippen LogP contribution < -0.4 is 5.73 Å². The van der Waals surface area contributed by atoms with Crippen LogP contribution >= 0.6 is 0 Å². The second kappa shape index (κ2) is 5.48. The van der Waals surface area contributed by atoms with Gasteiger partial charge in [-0.2, -0.15) is 0 Å². The lowest BCUT2D eigenvalue weighted by atomic mass is 10.0. The summed E-state index contributed by atoms with van der Waals surface area (Å²) in [5.41, 5.74) is 6.08. The summed E-state index contributed by atoms with van der Waals surface area (Å²) in [4.78, 5) is 12.0. The minimum atomic E-state index is -0.419. The number of nitrogens with two attached hydrogens (primary N) is 1. The Kier molecular flexibility index (Phi) is 3.95. The number of esters is 1. The van der Waals surface area contributed by atoms with Gasteiger partial charge >= 0.3 is 5.97 Å². The van der Waals surface area contributed by atoms with Gasteiger partial charge in [0, 0.05) is 12.8 Å². The fourth-order valence-corrected chi connectivity index (χ4v) is 2.34. The molecular formula is C14H19NO4. The zero-order chi connectivity index (χ0) is 14.0. The molecule has 2 unspecified atom stereocenters. The molecule has 0 radical (unpaired) electrons. The molecule has 0 bridgehead atoms. The lowest BCUT2D eigenvalue weighted by Gasteiger charge is -2.31. The molecule has 1 aromatic carbocycles. The van der Waals surface area contributed by atoms with Crippen molar-refractivity contribution in [3.05, 3.63) is 23.8 Å². The number of carbonyl (C=O) groups excluding carboxylic acids is 1. The Labute approximate surface area is 112 Å². The maximum atomic E-state index is 12.0. The second-order valence-corrected chi connectivity index (χ2v) is 5.03. The quantitative estimate of drug-likeness (QED) is 0.486. The second-order valence-electron chi connectivity index (χ2n) is 5.03. The van der Waals surface area contributed by atoms with Crippen LogP contribution in [0.5, 0.6) is 5.75 Å². The third-order valence-electron chi connectivity index (χ3n) is 3.19. The summed E-state index contributed by atoms with van der Waals surface area (Å²) >= 11 is 0. The van der Waals surface area contributed by atoms with Gasteiger partial charge in [0.1, 0.15) is 11.9 Å². The number of hydrogen-bond acceptors (Lipinski definition) is 5. The van der Waals surface area contributed by atoms with Gasteiger partial charge < -0.3 is 20.3 Å². The molecule has 1 aromatic rings. The lowest BCUT2D eigenvalue weighted by molar-refractivity contribution is -0.0855. The molecule has 3 N–H and O–H groups in total. The van der Waals surface area contributed by atoms with Gasteiger partial charge in [0.2, 0.25) is 0 Å². The van der Waals surface area contributed by atoms with Gasteiger partial charge in [-0.1, -0.05) is 0 Å². The van der Waals surface area contributed by atoms with E-state index in [1.165, 1.54) is 18.2 Å². The van der Waals surface area contributed by atoms with Crippen molar-refractivity contribution in [2.24, 2.45) is 0 Å². The molecule has 2 atom stereocenters. The van der Waals surface area contributed by atoms with Gasteiger partial charge in [-0.3, -0.25) is 0 Å². The van der Waals surface area contributed by atoms with Crippen LogP contribution in [0.25, 0.3) is 0 Å². The lowest BCUT2D eigenvalue weighted by Crippen LogP contribution is -2.35. The average molecular weight is 265 g/mol. The van der Waals surface area contributed by atoms with Crippen LogP contribution in [0.1, 0.15) is 37.0 Å². The third-order valence-corrected chi connectivity index (χ3v) is 3.19. The third kappa shape index (κ3) is 3.38. The smallest absolute Gasteiger partial charge is 0.338 e. The summed E-state index contributed by atoms with van der Waals surface area (Å²) in [6.07, 6.45) is 1.44. The van der Waals surface area contributed by atoms with Crippen molar-refractivity contribution in [2.75, 3.05) is 5.73 Å². The molecule has 5 nitrogen and oxygen atoms in total. The molecule has 19 heavy (non-hydrogen) atoms. The summed E-state index contributed by atoms with van der Waals surface area (Å²) < 4.78 is 11.1. The zero-order valence-electron chi connectivity index (χ0n) is 11.1. The van der Waals surface area contributed by atoms with E-state index in [0.29, 0.717) is 18.4 Å². The summed E-state index contributed by atoms with van der Waals surface area (Å²) in [5.74, 6) is -0.456. The van der Waals surface area contributed by atoms with Gasteiger partial charge in [-0.05, 0) is 32.0 Å². The van der Waals surface area contributed by atoms with Crippen molar-refractivity contribution in [1.82, 2.24) is 0 Å². The van der Waals surface area contributed by atoms with Gasteiger partial charge in [0.25, 0.3) is 0 Å². The molecule has 0 spiro atoms. The fraction of sp³-hybridized carbons (Fsp3) is 0.500. The Morgan fingerprint density at radius 2 is 2.00 bits per heavy atom. The summed E-state index contributed by atoms with van der Waals surface area (Å²) in [5, 5.41) is 9.32. The van der Waals surface area contributed by atoms with Crippen LogP contribution in [-0.2, 0) is 9.47 Å². The highest BCUT2D eigenvalue weighted by Crippen LogP contribution is 2.24. The molecule has 104 valence electrons. The van der Waals surface area contributed by atoms with Crippen molar-refractivity contribution in [1.29, 1.82) is 0 Å². The van der Waals surface area contributed by atoms with Crippen LogP contribution in [-0.4, -0.2) is 29.4 Å². The van der Waals surface area contributed by atoms with E-state index in [1.54, 1.807) is 0 Å². The minimum absolute atomic E-state index is 0.0372. The van der Waals surface area contributed by atoms with Crippen molar-refractivity contribution in [3.8, 4) is 5.75 Å². The number of aromatic hydroxyl groups is 1. The molecule has 0 aromatic heterocycles. The number of phenolic OH excluding ortho intramolecular Hbond substituents is 1. The maximum Gasteiger partial charge on any atom is 0.338 e. The number of carbonyl (C=O) groups is 1. The first-order valence-corrected chi connectivity index (χ1v) is 6.40. The van der Waals surface area contributed by atoms with E-state index in [9.17, 15) is 9.90 Å². The SMILES string of the molecule is CC1CC(OC(=O)c2ccc(O)c(N)c2)CC(C)O1. The molecule has 5 heteroatoms. The number of anilines is 1. The van der Waals surface area contributed by atoms with E-state index in [2.05, 4.69) is 0 Å². The number of benzene rings is 1. The highest BCUT2D eigenvalue weighted by molar-refractivity contribution is 5.91. The first-order valence-electron chi connectivity index (χ1n) is 6.40. The number of nitrogen functional groups attached to an aromatic ring is 1. The summed E-state index contributed by atoms with van der Waals surface area (Å²) in [6, 6.07) is 4.31. The summed E-state index contributed by atoms with van der Waals surface area (Å²) in [6.45, 7) is 3.93. The van der Waals surface area contributed by atoms with E-state index in [4.69, 9.17) is 15.2 Å². The van der Waals surface area contributed by atoms with E-state index in [0.717, 1.165) is 0 Å². The van der Waals surface area contributed by atoms with E-state index in [-0.39, 0.29) is 29.7 Å². The highest BCUT2D eigenvalue weighted by Gasteiger charge is 2.27. The van der Waals surface area contributed by atoms with Crippen molar-refractivity contribution in [2.45, 2.75) is 45.0 Å². The molecule has 0 aliphatic carbocycles. The van der Waals surface area contributed by atoms with Crippen molar-refractivity contribution in [3.63, 3.8) is 0 Å². The number of ether oxygens (including phenoxy) is 2. The topological polar surface area (TPSA) is 81.8 Å². The van der Waals surface area contributed by atoms with Gasteiger partial charge in [0.15, 0.2) is 0 Å². The van der Waals surface area contributed by atoms with Gasteiger partial charge in [-0.25, -0.2) is 4.79 Å². The van der Waals surface area contributed by atoms with Crippen LogP contribution in [0, 0.1) is 0 Å².